The lowest BCUT2D eigenvalue weighted by molar-refractivity contribution is -0.147. The lowest BCUT2D eigenvalue weighted by atomic mass is 10.2. The van der Waals surface area contributed by atoms with Gasteiger partial charge in [-0.2, -0.15) is 0 Å². The summed E-state index contributed by atoms with van der Waals surface area (Å²) in [6.45, 7) is 1.65. The van der Waals surface area contributed by atoms with Gasteiger partial charge < -0.3 is 9.84 Å². The number of hydrogen-bond acceptors (Lipinski definition) is 5. The molecule has 0 radical (unpaired) electrons. The molecule has 7 nitrogen and oxygen atoms in total. The predicted molar refractivity (Wildman–Crippen MR) is 55.3 cm³/mol. The van der Waals surface area contributed by atoms with Gasteiger partial charge >= 0.3 is 11.9 Å². The van der Waals surface area contributed by atoms with E-state index in [1.54, 1.807) is 6.92 Å². The Morgan fingerprint density at radius 3 is 2.38 bits per heavy atom. The molecule has 0 aliphatic rings. The number of ether oxygens (including phenoxy) is 1. The minimum Gasteiger partial charge on any atom is -0.480 e. The molecule has 0 saturated carbocycles. The molecular weight excluding hydrogens is 238 g/mol. The molecule has 2 N–H and O–H groups in total. The molecule has 0 rings (SSSR count). The number of carbonyl (C=O) groups excluding carboxylic acids is 1. The van der Waals surface area contributed by atoms with Crippen molar-refractivity contribution in [1.82, 2.24) is 4.72 Å². The molecule has 94 valence electrons. The standard InChI is InChI=1S/C8H15NO6S/c1-3-4-16(13,14)9-6(8(11)12)5-7(10)15-2/h6,9H,3-5H2,1-2H3,(H,11,12)/t6-/m0/s1. The lowest BCUT2D eigenvalue weighted by Crippen LogP contribution is -2.43. The Bertz CT molecular complexity index is 350. The van der Waals surface area contributed by atoms with Crippen LogP contribution in [0.15, 0.2) is 0 Å². The summed E-state index contributed by atoms with van der Waals surface area (Å²) in [6, 6.07) is -1.48. The molecule has 0 amide bonds. The topological polar surface area (TPSA) is 110 Å². The molecule has 1 atom stereocenters. The summed E-state index contributed by atoms with van der Waals surface area (Å²) >= 11 is 0. The summed E-state index contributed by atoms with van der Waals surface area (Å²) in [5.74, 6) is -2.38. The van der Waals surface area contributed by atoms with Crippen molar-refractivity contribution in [3.63, 3.8) is 0 Å². The number of aliphatic carboxylic acids is 1. The fraction of sp³-hybridized carbons (Fsp3) is 0.750. The molecule has 0 aromatic rings. The maximum absolute atomic E-state index is 11.3. The van der Waals surface area contributed by atoms with Crippen molar-refractivity contribution in [3.05, 3.63) is 0 Å². The Labute approximate surface area is 93.8 Å². The van der Waals surface area contributed by atoms with Crippen molar-refractivity contribution < 1.29 is 27.9 Å². The number of carboxylic acids is 1. The minimum atomic E-state index is -3.67. The number of rotatable bonds is 7. The van der Waals surface area contributed by atoms with Gasteiger partial charge in [0.25, 0.3) is 0 Å². The number of hydrogen-bond donors (Lipinski definition) is 2. The molecule has 0 aliphatic heterocycles. The van der Waals surface area contributed by atoms with Gasteiger partial charge in [-0.1, -0.05) is 6.92 Å². The number of esters is 1. The van der Waals surface area contributed by atoms with Crippen molar-refractivity contribution >= 4 is 22.0 Å². The van der Waals surface area contributed by atoms with Crippen LogP contribution in [0.5, 0.6) is 0 Å². The van der Waals surface area contributed by atoms with Gasteiger partial charge in [0, 0.05) is 0 Å². The number of methoxy groups -OCH3 is 1. The Balaban J connectivity index is 4.58. The Hall–Kier alpha value is -1.15. The molecule has 0 bridgehead atoms. The van der Waals surface area contributed by atoms with E-state index in [2.05, 4.69) is 4.74 Å². The van der Waals surface area contributed by atoms with Crippen molar-refractivity contribution in [1.29, 1.82) is 0 Å². The van der Waals surface area contributed by atoms with Crippen molar-refractivity contribution in [2.75, 3.05) is 12.9 Å². The molecule has 0 aromatic heterocycles. The van der Waals surface area contributed by atoms with Gasteiger partial charge in [0.15, 0.2) is 0 Å². The van der Waals surface area contributed by atoms with Crippen LogP contribution < -0.4 is 4.72 Å². The van der Waals surface area contributed by atoms with Crippen LogP contribution in [0.25, 0.3) is 0 Å². The summed E-state index contributed by atoms with van der Waals surface area (Å²) in [5.41, 5.74) is 0. The van der Waals surface area contributed by atoms with Gasteiger partial charge in [0.2, 0.25) is 10.0 Å². The molecule has 0 saturated heterocycles. The molecule has 16 heavy (non-hydrogen) atoms. The van der Waals surface area contributed by atoms with E-state index in [1.165, 1.54) is 0 Å². The Morgan fingerprint density at radius 2 is 2.00 bits per heavy atom. The van der Waals surface area contributed by atoms with Crippen LogP contribution in [-0.2, 0) is 24.3 Å². The quantitative estimate of drug-likeness (QED) is 0.582. The summed E-state index contributed by atoms with van der Waals surface area (Å²) in [6.07, 6.45) is -0.172. The zero-order chi connectivity index (χ0) is 12.8. The van der Waals surface area contributed by atoms with Crippen LogP contribution in [0.3, 0.4) is 0 Å². The van der Waals surface area contributed by atoms with E-state index >= 15 is 0 Å². The second-order valence-electron chi connectivity index (χ2n) is 3.11. The van der Waals surface area contributed by atoms with Gasteiger partial charge in [0.1, 0.15) is 6.04 Å². The SMILES string of the molecule is CCCS(=O)(=O)N[C@@H](CC(=O)OC)C(=O)O. The highest BCUT2D eigenvalue weighted by atomic mass is 32.2. The highest BCUT2D eigenvalue weighted by molar-refractivity contribution is 7.89. The van der Waals surface area contributed by atoms with Crippen LogP contribution in [-0.4, -0.2) is 44.4 Å². The van der Waals surface area contributed by atoms with Crippen molar-refractivity contribution in [2.45, 2.75) is 25.8 Å². The molecule has 0 heterocycles. The first-order valence-electron chi connectivity index (χ1n) is 4.62. The maximum Gasteiger partial charge on any atom is 0.322 e. The molecule has 0 unspecified atom stereocenters. The molecule has 0 aliphatic carbocycles. The van der Waals surface area contributed by atoms with E-state index in [0.29, 0.717) is 6.42 Å². The second kappa shape index (κ2) is 6.44. The lowest BCUT2D eigenvalue weighted by Gasteiger charge is -2.12. The zero-order valence-corrected chi connectivity index (χ0v) is 9.91. The Morgan fingerprint density at radius 1 is 1.44 bits per heavy atom. The number of sulfonamides is 1. The molecule has 0 fully saturated rings. The summed E-state index contributed by atoms with van der Waals surface area (Å²) in [5, 5.41) is 8.71. The average Bonchev–Trinajstić information content (AvgIpc) is 2.15. The van der Waals surface area contributed by atoms with Gasteiger partial charge in [-0.3, -0.25) is 9.59 Å². The highest BCUT2D eigenvalue weighted by Crippen LogP contribution is 1.99. The normalized spacial score (nSPS) is 13.1. The van der Waals surface area contributed by atoms with E-state index in [-0.39, 0.29) is 5.75 Å². The number of carbonyl (C=O) groups is 2. The Kier molecular flexibility index (Phi) is 5.97. The largest absolute Gasteiger partial charge is 0.480 e. The third kappa shape index (κ3) is 5.66. The zero-order valence-electron chi connectivity index (χ0n) is 9.10. The summed E-state index contributed by atoms with van der Waals surface area (Å²) < 4.78 is 28.8. The maximum atomic E-state index is 11.3. The van der Waals surface area contributed by atoms with Gasteiger partial charge in [-0.25, -0.2) is 13.1 Å². The van der Waals surface area contributed by atoms with E-state index < -0.39 is 34.4 Å². The minimum absolute atomic E-state index is 0.183. The van der Waals surface area contributed by atoms with E-state index in [9.17, 15) is 18.0 Å². The molecule has 8 heteroatoms. The smallest absolute Gasteiger partial charge is 0.322 e. The van der Waals surface area contributed by atoms with Crippen LogP contribution >= 0.6 is 0 Å². The molecular formula is C8H15NO6S. The summed E-state index contributed by atoms with van der Waals surface area (Å²) in [4.78, 5) is 21.5. The molecule has 0 spiro atoms. The average molecular weight is 253 g/mol. The number of nitrogens with one attached hydrogen (secondary N) is 1. The van der Waals surface area contributed by atoms with Gasteiger partial charge in [-0.05, 0) is 6.42 Å². The third-order valence-electron chi connectivity index (χ3n) is 1.69. The first kappa shape index (κ1) is 14.8. The molecule has 0 aromatic carbocycles. The van der Waals surface area contributed by atoms with Crippen molar-refractivity contribution in [2.24, 2.45) is 0 Å². The third-order valence-corrected chi connectivity index (χ3v) is 3.28. The second-order valence-corrected chi connectivity index (χ2v) is 4.98. The van der Waals surface area contributed by atoms with Crippen LogP contribution in [0.4, 0.5) is 0 Å². The highest BCUT2D eigenvalue weighted by Gasteiger charge is 2.26. The fourth-order valence-corrected chi connectivity index (χ4v) is 2.25. The van der Waals surface area contributed by atoms with Crippen LogP contribution in [0.1, 0.15) is 19.8 Å². The fourth-order valence-electron chi connectivity index (χ4n) is 0.974. The van der Waals surface area contributed by atoms with Gasteiger partial charge in [0.05, 0.1) is 19.3 Å². The van der Waals surface area contributed by atoms with Gasteiger partial charge in [-0.15, -0.1) is 0 Å². The van der Waals surface area contributed by atoms with E-state index in [0.717, 1.165) is 7.11 Å². The van der Waals surface area contributed by atoms with E-state index in [4.69, 9.17) is 5.11 Å². The summed E-state index contributed by atoms with van der Waals surface area (Å²) in [7, 11) is -2.57. The monoisotopic (exact) mass is 253 g/mol. The van der Waals surface area contributed by atoms with Crippen molar-refractivity contribution in [3.8, 4) is 0 Å². The first-order chi connectivity index (χ1) is 7.32. The number of carboxylic acid groups (broad SMARTS) is 1. The van der Waals surface area contributed by atoms with E-state index in [1.807, 2.05) is 4.72 Å². The first-order valence-corrected chi connectivity index (χ1v) is 6.27. The van der Waals surface area contributed by atoms with Crippen LogP contribution in [0, 0.1) is 0 Å². The van der Waals surface area contributed by atoms with Crippen LogP contribution in [0.2, 0.25) is 0 Å². The predicted octanol–water partition coefficient (Wildman–Crippen LogP) is -0.668.